The van der Waals surface area contributed by atoms with Crippen molar-refractivity contribution in [3.05, 3.63) is 54.4 Å². The van der Waals surface area contributed by atoms with Gasteiger partial charge >= 0.3 is 0 Å². The van der Waals surface area contributed by atoms with E-state index in [2.05, 4.69) is 30.0 Å². The van der Waals surface area contributed by atoms with Gasteiger partial charge in [0.1, 0.15) is 0 Å². The minimum atomic E-state index is 0.136. The molecule has 3 aromatic heterocycles. The molecule has 0 spiro atoms. The van der Waals surface area contributed by atoms with Gasteiger partial charge in [-0.05, 0) is 43.1 Å². The van der Waals surface area contributed by atoms with Crippen molar-refractivity contribution in [2.24, 2.45) is 0 Å². The maximum Gasteiger partial charge on any atom is 0.244 e. The van der Waals surface area contributed by atoms with Crippen LogP contribution in [0.3, 0.4) is 0 Å². The van der Waals surface area contributed by atoms with Crippen molar-refractivity contribution in [2.75, 3.05) is 6.54 Å². The Morgan fingerprint density at radius 2 is 1.88 bits per heavy atom. The van der Waals surface area contributed by atoms with Crippen LogP contribution >= 0.6 is 0 Å². The molecule has 0 saturated carbocycles. The number of piperidine rings is 1. The van der Waals surface area contributed by atoms with Gasteiger partial charge in [0.15, 0.2) is 0 Å². The van der Waals surface area contributed by atoms with E-state index in [1.807, 2.05) is 24.5 Å². The number of aromatic nitrogens is 5. The Kier molecular flexibility index (Phi) is 4.24. The lowest BCUT2D eigenvalue weighted by molar-refractivity contribution is 0.111. The predicted molar refractivity (Wildman–Crippen MR) is 86.6 cm³/mol. The van der Waals surface area contributed by atoms with E-state index >= 15 is 0 Å². The van der Waals surface area contributed by atoms with E-state index < -0.39 is 0 Å². The normalized spacial score (nSPS) is 18.6. The van der Waals surface area contributed by atoms with Gasteiger partial charge in [0.25, 0.3) is 0 Å². The quantitative estimate of drug-likeness (QED) is 0.730. The van der Waals surface area contributed by atoms with Crippen molar-refractivity contribution in [1.29, 1.82) is 0 Å². The highest BCUT2D eigenvalue weighted by molar-refractivity contribution is 5.40. The highest BCUT2D eigenvalue weighted by atomic mass is 16.5. The zero-order chi connectivity index (χ0) is 16.2. The molecule has 3 aromatic rings. The summed E-state index contributed by atoms with van der Waals surface area (Å²) in [5.74, 6) is 1.58. The number of rotatable bonds is 4. The molecule has 0 bridgehead atoms. The van der Waals surface area contributed by atoms with Crippen molar-refractivity contribution < 1.29 is 4.52 Å². The molecule has 1 fully saturated rings. The van der Waals surface area contributed by atoms with E-state index in [4.69, 9.17) is 4.52 Å². The van der Waals surface area contributed by atoms with E-state index in [0.717, 1.165) is 25.9 Å². The van der Waals surface area contributed by atoms with Crippen molar-refractivity contribution in [1.82, 2.24) is 30.0 Å². The van der Waals surface area contributed by atoms with Crippen LogP contribution in [0, 0.1) is 0 Å². The average Bonchev–Trinajstić information content (AvgIpc) is 3.14. The topological polar surface area (TPSA) is 80.8 Å². The molecule has 1 unspecified atom stereocenters. The Morgan fingerprint density at radius 3 is 2.71 bits per heavy atom. The first-order valence-electron chi connectivity index (χ1n) is 8.14. The van der Waals surface area contributed by atoms with E-state index in [1.165, 1.54) is 12.0 Å². The number of hydrogen-bond donors (Lipinski definition) is 0. The maximum atomic E-state index is 5.53. The molecule has 0 amide bonds. The maximum absolute atomic E-state index is 5.53. The minimum absolute atomic E-state index is 0.136. The predicted octanol–water partition coefficient (Wildman–Crippen LogP) is 2.65. The van der Waals surface area contributed by atoms with Crippen LogP contribution in [-0.4, -0.2) is 36.5 Å². The summed E-state index contributed by atoms with van der Waals surface area (Å²) in [7, 11) is 0. The summed E-state index contributed by atoms with van der Waals surface area (Å²) in [6.45, 7) is 1.87. The Morgan fingerprint density at radius 1 is 1.04 bits per heavy atom. The zero-order valence-corrected chi connectivity index (χ0v) is 13.2. The smallest absolute Gasteiger partial charge is 0.244 e. The molecular weight excluding hydrogens is 304 g/mol. The lowest BCUT2D eigenvalue weighted by Crippen LogP contribution is -2.33. The van der Waals surface area contributed by atoms with E-state index in [0.29, 0.717) is 17.5 Å². The molecule has 0 radical (unpaired) electrons. The van der Waals surface area contributed by atoms with Gasteiger partial charge in [-0.3, -0.25) is 9.88 Å². The lowest BCUT2D eigenvalue weighted by atomic mass is 10.0. The Hall–Kier alpha value is -2.67. The van der Waals surface area contributed by atoms with Gasteiger partial charge in [0, 0.05) is 31.3 Å². The van der Waals surface area contributed by atoms with Crippen LogP contribution in [0.2, 0.25) is 0 Å². The van der Waals surface area contributed by atoms with Crippen LogP contribution in [0.4, 0.5) is 0 Å². The summed E-state index contributed by atoms with van der Waals surface area (Å²) in [5, 5.41) is 4.06. The van der Waals surface area contributed by atoms with Crippen molar-refractivity contribution in [2.45, 2.75) is 31.8 Å². The third-order valence-electron chi connectivity index (χ3n) is 4.24. The monoisotopic (exact) mass is 322 g/mol. The molecule has 7 heteroatoms. The fourth-order valence-electron chi connectivity index (χ4n) is 3.06. The van der Waals surface area contributed by atoms with Gasteiger partial charge in [-0.1, -0.05) is 11.6 Å². The number of pyridine rings is 1. The second-order valence-corrected chi connectivity index (χ2v) is 5.87. The molecule has 4 heterocycles. The molecule has 24 heavy (non-hydrogen) atoms. The summed E-state index contributed by atoms with van der Waals surface area (Å²) < 4.78 is 5.53. The van der Waals surface area contributed by atoms with E-state index in [1.54, 1.807) is 18.5 Å². The van der Waals surface area contributed by atoms with Crippen molar-refractivity contribution in [3.8, 4) is 11.6 Å². The van der Waals surface area contributed by atoms with Gasteiger partial charge in [-0.25, -0.2) is 9.97 Å². The molecule has 0 N–H and O–H groups in total. The zero-order valence-electron chi connectivity index (χ0n) is 13.2. The molecule has 0 aromatic carbocycles. The molecule has 122 valence electrons. The largest absolute Gasteiger partial charge is 0.337 e. The molecule has 1 atom stereocenters. The first-order valence-corrected chi connectivity index (χ1v) is 8.14. The van der Waals surface area contributed by atoms with Crippen molar-refractivity contribution >= 4 is 0 Å². The average molecular weight is 322 g/mol. The SMILES string of the molecule is c1cnc(-c2noc(C3CCCCN3Cc3ccncc3)n2)nc1. The summed E-state index contributed by atoms with van der Waals surface area (Å²) in [6, 6.07) is 5.99. The first kappa shape index (κ1) is 14.9. The second kappa shape index (κ2) is 6.84. The molecule has 1 aliphatic rings. The molecule has 1 aliphatic heterocycles. The second-order valence-electron chi connectivity index (χ2n) is 5.87. The van der Waals surface area contributed by atoms with Gasteiger partial charge in [-0.2, -0.15) is 4.98 Å². The van der Waals surface area contributed by atoms with Crippen LogP contribution < -0.4 is 0 Å². The highest BCUT2D eigenvalue weighted by Gasteiger charge is 2.29. The van der Waals surface area contributed by atoms with Gasteiger partial charge in [-0.15, -0.1) is 0 Å². The van der Waals surface area contributed by atoms with Crippen LogP contribution in [0.25, 0.3) is 11.6 Å². The summed E-state index contributed by atoms with van der Waals surface area (Å²) >= 11 is 0. The summed E-state index contributed by atoms with van der Waals surface area (Å²) in [5.41, 5.74) is 1.24. The van der Waals surface area contributed by atoms with Gasteiger partial charge in [0.05, 0.1) is 6.04 Å². The fourth-order valence-corrected chi connectivity index (χ4v) is 3.06. The standard InChI is InChI=1S/C17H18N6O/c1-2-11-23(12-13-5-9-18-10-6-13)14(4-1)17-21-16(22-24-17)15-19-7-3-8-20-15/h3,5-10,14H,1-2,4,11-12H2. The third kappa shape index (κ3) is 3.16. The molecule has 7 nitrogen and oxygen atoms in total. The number of hydrogen-bond acceptors (Lipinski definition) is 7. The molecule has 4 rings (SSSR count). The summed E-state index contributed by atoms with van der Waals surface area (Å²) in [6.07, 6.45) is 10.4. The Labute approximate surface area is 139 Å². The Balaban J connectivity index is 1.56. The molecule has 1 saturated heterocycles. The Bertz CT molecular complexity index is 776. The molecule has 0 aliphatic carbocycles. The minimum Gasteiger partial charge on any atom is -0.337 e. The van der Waals surface area contributed by atoms with E-state index in [9.17, 15) is 0 Å². The highest BCUT2D eigenvalue weighted by Crippen LogP contribution is 2.31. The third-order valence-corrected chi connectivity index (χ3v) is 4.24. The fraction of sp³-hybridized carbons (Fsp3) is 0.353. The van der Waals surface area contributed by atoms with Crippen LogP contribution in [0.1, 0.15) is 36.8 Å². The first-order chi connectivity index (χ1) is 11.9. The lowest BCUT2D eigenvalue weighted by Gasteiger charge is -2.33. The van der Waals surface area contributed by atoms with Crippen LogP contribution in [0.15, 0.2) is 47.5 Å². The van der Waals surface area contributed by atoms with Crippen LogP contribution in [0.5, 0.6) is 0 Å². The molecular formula is C17H18N6O. The summed E-state index contributed by atoms with van der Waals surface area (Å²) in [4.78, 5) is 19.4. The number of nitrogens with zero attached hydrogens (tertiary/aromatic N) is 6. The van der Waals surface area contributed by atoms with Crippen LogP contribution in [-0.2, 0) is 6.54 Å². The van der Waals surface area contributed by atoms with Gasteiger partial charge < -0.3 is 4.52 Å². The van der Waals surface area contributed by atoms with Gasteiger partial charge in [0.2, 0.25) is 17.5 Å². The van der Waals surface area contributed by atoms with E-state index in [-0.39, 0.29) is 6.04 Å². The van der Waals surface area contributed by atoms with Crippen molar-refractivity contribution in [3.63, 3.8) is 0 Å². The number of likely N-dealkylation sites (tertiary alicyclic amines) is 1.